The van der Waals surface area contributed by atoms with Gasteiger partial charge in [-0.3, -0.25) is 4.79 Å². The number of guanidine groups is 1. The molecular weight excluding hydrogens is 210 g/mol. The molecule has 8 nitrogen and oxygen atoms in total. The minimum Gasteiger partial charge on any atom is -0.382 e. The molecule has 0 aliphatic carbocycles. The number of nitrogen functional groups attached to an aromatic ring is 1. The number of carbonyl (C=O) groups is 1. The van der Waals surface area contributed by atoms with E-state index in [0.717, 1.165) is 0 Å². The second kappa shape index (κ2) is 4.43. The molecule has 6 N–H and O–H groups in total. The molecular formula is C8H13N7O. The highest BCUT2D eigenvalue weighted by atomic mass is 16.1. The summed E-state index contributed by atoms with van der Waals surface area (Å²) in [7, 11) is 3.56. The fourth-order valence-corrected chi connectivity index (χ4v) is 0.944. The molecule has 0 saturated heterocycles. The highest BCUT2D eigenvalue weighted by Crippen LogP contribution is 2.12. The fourth-order valence-electron chi connectivity index (χ4n) is 0.944. The van der Waals surface area contributed by atoms with E-state index in [1.807, 2.05) is 0 Å². The van der Waals surface area contributed by atoms with Crippen LogP contribution < -0.4 is 22.1 Å². The lowest BCUT2D eigenvalue weighted by Gasteiger charge is -2.11. The number of aliphatic imine (C=N–C) groups is 1. The van der Waals surface area contributed by atoms with Crippen molar-refractivity contribution in [3.8, 4) is 0 Å². The summed E-state index contributed by atoms with van der Waals surface area (Å²) in [6.07, 6.45) is 1.41. The highest BCUT2D eigenvalue weighted by molar-refractivity contribution is 6.03. The molecule has 8 heteroatoms. The minimum atomic E-state index is -0.713. The van der Waals surface area contributed by atoms with Crippen molar-refractivity contribution in [2.75, 3.05) is 24.7 Å². The van der Waals surface area contributed by atoms with Gasteiger partial charge in [-0.1, -0.05) is 0 Å². The summed E-state index contributed by atoms with van der Waals surface area (Å²) < 4.78 is 0. The Kier molecular flexibility index (Phi) is 3.24. The first-order valence-electron chi connectivity index (χ1n) is 4.35. The number of carbonyl (C=O) groups excluding carboxylic acids is 1. The van der Waals surface area contributed by atoms with Crippen LogP contribution in [-0.2, 0) is 0 Å². The smallest absolute Gasteiger partial charge is 0.302 e. The van der Waals surface area contributed by atoms with E-state index in [1.54, 1.807) is 19.0 Å². The molecule has 0 fully saturated rings. The maximum absolute atomic E-state index is 11.4. The molecule has 1 amide bonds. The summed E-state index contributed by atoms with van der Waals surface area (Å²) in [6, 6.07) is 0. The van der Waals surface area contributed by atoms with Crippen molar-refractivity contribution in [1.29, 1.82) is 0 Å². The molecule has 86 valence electrons. The molecule has 0 unspecified atom stereocenters. The lowest BCUT2D eigenvalue weighted by atomic mass is 10.4. The van der Waals surface area contributed by atoms with E-state index in [4.69, 9.17) is 17.2 Å². The van der Waals surface area contributed by atoms with Crippen LogP contribution in [0.25, 0.3) is 0 Å². The summed E-state index contributed by atoms with van der Waals surface area (Å²) >= 11 is 0. The predicted molar refractivity (Wildman–Crippen MR) is 60.9 cm³/mol. The van der Waals surface area contributed by atoms with Gasteiger partial charge in [0.25, 0.3) is 0 Å². The zero-order chi connectivity index (χ0) is 12.3. The quantitative estimate of drug-likeness (QED) is 0.411. The molecule has 0 aliphatic heterocycles. The van der Waals surface area contributed by atoms with Crippen LogP contribution in [0.15, 0.2) is 11.2 Å². The van der Waals surface area contributed by atoms with E-state index < -0.39 is 5.91 Å². The van der Waals surface area contributed by atoms with Gasteiger partial charge in [-0.05, 0) is 0 Å². The number of hydrogen-bond acceptors (Lipinski definition) is 5. The van der Waals surface area contributed by atoms with E-state index in [9.17, 15) is 4.79 Å². The van der Waals surface area contributed by atoms with E-state index >= 15 is 0 Å². The van der Waals surface area contributed by atoms with Gasteiger partial charge in [-0.25, -0.2) is 9.97 Å². The van der Waals surface area contributed by atoms with Gasteiger partial charge in [-0.2, -0.15) is 4.99 Å². The van der Waals surface area contributed by atoms with Crippen LogP contribution in [0.1, 0.15) is 10.5 Å². The Labute approximate surface area is 92.2 Å². The normalized spacial score (nSPS) is 9.62. The molecule has 0 aromatic carbocycles. The zero-order valence-corrected chi connectivity index (χ0v) is 9.01. The van der Waals surface area contributed by atoms with Crippen molar-refractivity contribution in [1.82, 2.24) is 9.97 Å². The van der Waals surface area contributed by atoms with Gasteiger partial charge in [0, 0.05) is 14.1 Å². The fraction of sp³-hybridized carbons (Fsp3) is 0.250. The number of nitrogens with two attached hydrogens (primary N) is 3. The third-order valence-corrected chi connectivity index (χ3v) is 1.68. The topological polar surface area (TPSA) is 137 Å². The Bertz CT molecular complexity index is 436. The molecule has 1 aromatic heterocycles. The Morgan fingerprint density at radius 1 is 1.44 bits per heavy atom. The first-order valence-corrected chi connectivity index (χ1v) is 4.35. The van der Waals surface area contributed by atoms with Crippen LogP contribution >= 0.6 is 0 Å². The van der Waals surface area contributed by atoms with Gasteiger partial charge >= 0.3 is 5.91 Å². The van der Waals surface area contributed by atoms with E-state index in [1.165, 1.54) is 6.20 Å². The van der Waals surface area contributed by atoms with Crippen LogP contribution in [0.3, 0.4) is 0 Å². The maximum Gasteiger partial charge on any atom is 0.302 e. The van der Waals surface area contributed by atoms with Crippen LogP contribution in [0.2, 0.25) is 0 Å². The average molecular weight is 223 g/mol. The van der Waals surface area contributed by atoms with Gasteiger partial charge in [0.1, 0.15) is 5.82 Å². The molecule has 0 atom stereocenters. The Hall–Kier alpha value is -2.38. The molecule has 0 saturated carbocycles. The van der Waals surface area contributed by atoms with E-state index in [0.29, 0.717) is 5.82 Å². The molecule has 16 heavy (non-hydrogen) atoms. The second-order valence-electron chi connectivity index (χ2n) is 3.20. The van der Waals surface area contributed by atoms with Crippen LogP contribution in [0.4, 0.5) is 11.6 Å². The SMILES string of the molecule is CN(C)c1cnc(C(=O)N=C(N)N)c(N)n1. The molecule has 1 aromatic rings. The van der Waals surface area contributed by atoms with Crippen LogP contribution in [0.5, 0.6) is 0 Å². The second-order valence-corrected chi connectivity index (χ2v) is 3.20. The van der Waals surface area contributed by atoms with Gasteiger partial charge < -0.3 is 22.1 Å². The Balaban J connectivity index is 3.09. The number of hydrogen-bond donors (Lipinski definition) is 3. The van der Waals surface area contributed by atoms with E-state index in [2.05, 4.69) is 15.0 Å². The molecule has 0 spiro atoms. The van der Waals surface area contributed by atoms with Gasteiger partial charge in [0.05, 0.1) is 6.20 Å². The number of amides is 1. The highest BCUT2D eigenvalue weighted by Gasteiger charge is 2.13. The largest absolute Gasteiger partial charge is 0.382 e. The summed E-state index contributed by atoms with van der Waals surface area (Å²) in [5.74, 6) is -0.529. The summed E-state index contributed by atoms with van der Waals surface area (Å²) in [5.41, 5.74) is 15.6. The standard InChI is InChI=1S/C8H13N7O/c1-15(2)4-3-12-5(6(9)13-4)7(16)14-8(10)11/h3H,1-2H3,(H2,9,13)(H4,10,11,14,16). The van der Waals surface area contributed by atoms with Crippen molar-refractivity contribution in [2.45, 2.75) is 0 Å². The Morgan fingerprint density at radius 2 is 2.06 bits per heavy atom. The van der Waals surface area contributed by atoms with Gasteiger partial charge in [-0.15, -0.1) is 0 Å². The summed E-state index contributed by atoms with van der Waals surface area (Å²) in [4.78, 5) is 24.3. The lowest BCUT2D eigenvalue weighted by molar-refractivity contribution is 0.0998. The Morgan fingerprint density at radius 3 is 2.50 bits per heavy atom. The third kappa shape index (κ3) is 2.56. The van der Waals surface area contributed by atoms with Gasteiger partial charge in [0.2, 0.25) is 0 Å². The first-order chi connectivity index (χ1) is 7.41. The average Bonchev–Trinajstić information content (AvgIpc) is 2.15. The number of anilines is 2. The van der Waals surface area contributed by atoms with Crippen molar-refractivity contribution < 1.29 is 4.79 Å². The number of aromatic nitrogens is 2. The van der Waals surface area contributed by atoms with Crippen molar-refractivity contribution >= 4 is 23.5 Å². The monoisotopic (exact) mass is 223 g/mol. The van der Waals surface area contributed by atoms with Crippen molar-refractivity contribution in [2.24, 2.45) is 16.5 Å². The number of rotatable bonds is 2. The number of nitrogens with zero attached hydrogens (tertiary/aromatic N) is 4. The lowest BCUT2D eigenvalue weighted by Crippen LogP contribution is -2.25. The summed E-state index contributed by atoms with van der Waals surface area (Å²) in [5, 5.41) is 0. The van der Waals surface area contributed by atoms with Crippen LogP contribution in [0, 0.1) is 0 Å². The molecule has 1 rings (SSSR count). The van der Waals surface area contributed by atoms with Crippen LogP contribution in [-0.4, -0.2) is 35.9 Å². The predicted octanol–water partition coefficient (Wildman–Crippen LogP) is -1.46. The molecule has 1 heterocycles. The summed E-state index contributed by atoms with van der Waals surface area (Å²) in [6.45, 7) is 0. The minimum absolute atomic E-state index is 0.0128. The van der Waals surface area contributed by atoms with Crippen molar-refractivity contribution in [3.63, 3.8) is 0 Å². The zero-order valence-electron chi connectivity index (χ0n) is 9.01. The molecule has 0 bridgehead atoms. The van der Waals surface area contributed by atoms with Gasteiger partial charge in [0.15, 0.2) is 17.5 Å². The molecule has 0 radical (unpaired) electrons. The van der Waals surface area contributed by atoms with Crippen molar-refractivity contribution in [3.05, 3.63) is 11.9 Å². The molecule has 0 aliphatic rings. The first kappa shape index (κ1) is 11.7. The van der Waals surface area contributed by atoms with E-state index in [-0.39, 0.29) is 17.5 Å². The third-order valence-electron chi connectivity index (χ3n) is 1.68. The maximum atomic E-state index is 11.4.